The minimum atomic E-state index is -0.157. The molecule has 1 fully saturated rings. The molecule has 0 aliphatic carbocycles. The molecule has 2 amide bonds. The Bertz CT molecular complexity index is 762. The molecule has 0 unspecified atom stereocenters. The third-order valence-electron chi connectivity index (χ3n) is 4.56. The summed E-state index contributed by atoms with van der Waals surface area (Å²) in [6, 6.07) is 17.3. The predicted octanol–water partition coefficient (Wildman–Crippen LogP) is 2.44. The fourth-order valence-corrected chi connectivity index (χ4v) is 3.02. The maximum Gasteiger partial charge on any atom is 0.258 e. The van der Waals surface area contributed by atoms with E-state index in [4.69, 9.17) is 4.74 Å². The van der Waals surface area contributed by atoms with Crippen LogP contribution in [0.3, 0.4) is 0 Å². The Balaban J connectivity index is 1.38. The number of ether oxygens (including phenoxy) is 1. The van der Waals surface area contributed by atoms with Crippen LogP contribution in [0.25, 0.3) is 0 Å². The number of para-hydroxylation sites is 1. The lowest BCUT2D eigenvalue weighted by Crippen LogP contribution is -2.35. The van der Waals surface area contributed by atoms with E-state index in [2.05, 4.69) is 10.2 Å². The van der Waals surface area contributed by atoms with Crippen molar-refractivity contribution >= 4 is 23.2 Å². The van der Waals surface area contributed by atoms with E-state index in [1.807, 2.05) is 49.5 Å². The first-order chi connectivity index (χ1) is 13.1. The molecule has 0 saturated carbocycles. The van der Waals surface area contributed by atoms with Gasteiger partial charge in [0.05, 0.1) is 0 Å². The standard InChI is InChI=1S/C21H25N3O3/c1-23(17-6-3-2-4-7-17)15-13-22-20(25)16-27-19-11-9-18(10-12-19)24-14-5-8-21(24)26/h2-4,6-7,9-12H,5,8,13-16H2,1H3,(H,22,25). The van der Waals surface area contributed by atoms with Crippen LogP contribution in [-0.2, 0) is 9.59 Å². The Labute approximate surface area is 159 Å². The van der Waals surface area contributed by atoms with E-state index >= 15 is 0 Å². The normalized spacial score (nSPS) is 13.5. The van der Waals surface area contributed by atoms with Gasteiger partial charge in [0, 0.05) is 44.5 Å². The molecule has 1 heterocycles. The van der Waals surface area contributed by atoms with Crippen LogP contribution < -0.4 is 19.9 Å². The first kappa shape index (κ1) is 18.8. The van der Waals surface area contributed by atoms with Crippen LogP contribution in [0.2, 0.25) is 0 Å². The third-order valence-corrected chi connectivity index (χ3v) is 4.56. The molecular formula is C21H25N3O3. The van der Waals surface area contributed by atoms with Gasteiger partial charge in [0.2, 0.25) is 5.91 Å². The minimum absolute atomic E-state index is 0.0307. The Kier molecular flexibility index (Phi) is 6.30. The number of hydrogen-bond donors (Lipinski definition) is 1. The molecule has 3 rings (SSSR count). The van der Waals surface area contributed by atoms with Gasteiger partial charge in [-0.3, -0.25) is 9.59 Å². The van der Waals surface area contributed by atoms with Crippen molar-refractivity contribution in [2.45, 2.75) is 12.8 Å². The summed E-state index contributed by atoms with van der Waals surface area (Å²) >= 11 is 0. The molecule has 0 bridgehead atoms. The van der Waals surface area contributed by atoms with Crippen molar-refractivity contribution in [2.24, 2.45) is 0 Å². The number of carbonyl (C=O) groups excluding carboxylic acids is 2. The number of carbonyl (C=O) groups is 2. The smallest absolute Gasteiger partial charge is 0.258 e. The second-order valence-corrected chi connectivity index (χ2v) is 6.54. The molecule has 0 aromatic heterocycles. The van der Waals surface area contributed by atoms with Gasteiger partial charge in [0.1, 0.15) is 5.75 Å². The molecule has 2 aromatic carbocycles. The average molecular weight is 367 g/mol. The maximum atomic E-state index is 11.9. The Morgan fingerprint density at radius 2 is 1.89 bits per heavy atom. The first-order valence-electron chi connectivity index (χ1n) is 9.19. The summed E-state index contributed by atoms with van der Waals surface area (Å²) in [4.78, 5) is 27.6. The molecule has 6 heteroatoms. The lowest BCUT2D eigenvalue weighted by Gasteiger charge is -2.19. The highest BCUT2D eigenvalue weighted by Crippen LogP contribution is 2.23. The highest BCUT2D eigenvalue weighted by Gasteiger charge is 2.21. The Hall–Kier alpha value is -3.02. The molecule has 1 aliphatic heterocycles. The number of anilines is 2. The van der Waals surface area contributed by atoms with Crippen molar-refractivity contribution in [3.05, 3.63) is 54.6 Å². The van der Waals surface area contributed by atoms with Gasteiger partial charge in [-0.2, -0.15) is 0 Å². The largest absolute Gasteiger partial charge is 0.484 e. The van der Waals surface area contributed by atoms with E-state index in [0.717, 1.165) is 24.3 Å². The summed E-state index contributed by atoms with van der Waals surface area (Å²) in [6.07, 6.45) is 1.51. The number of amides is 2. The van der Waals surface area contributed by atoms with E-state index in [-0.39, 0.29) is 18.4 Å². The molecule has 142 valence electrons. The van der Waals surface area contributed by atoms with Crippen molar-refractivity contribution < 1.29 is 14.3 Å². The molecule has 0 radical (unpaired) electrons. The molecule has 6 nitrogen and oxygen atoms in total. The lowest BCUT2D eigenvalue weighted by molar-refractivity contribution is -0.123. The quantitative estimate of drug-likeness (QED) is 0.779. The van der Waals surface area contributed by atoms with Gasteiger partial charge in [0.15, 0.2) is 6.61 Å². The summed E-state index contributed by atoms with van der Waals surface area (Å²) in [7, 11) is 1.99. The van der Waals surface area contributed by atoms with Crippen LogP contribution in [0.4, 0.5) is 11.4 Å². The molecule has 27 heavy (non-hydrogen) atoms. The predicted molar refractivity (Wildman–Crippen MR) is 106 cm³/mol. The zero-order valence-electron chi connectivity index (χ0n) is 15.6. The van der Waals surface area contributed by atoms with Gasteiger partial charge in [-0.1, -0.05) is 18.2 Å². The zero-order valence-corrected chi connectivity index (χ0v) is 15.6. The van der Waals surface area contributed by atoms with Crippen molar-refractivity contribution in [3.8, 4) is 5.75 Å². The summed E-state index contributed by atoms with van der Waals surface area (Å²) in [5.74, 6) is 0.612. The van der Waals surface area contributed by atoms with E-state index in [1.165, 1.54) is 0 Å². The van der Waals surface area contributed by atoms with Crippen molar-refractivity contribution in [2.75, 3.05) is 43.1 Å². The molecule has 0 atom stereocenters. The van der Waals surface area contributed by atoms with Gasteiger partial charge in [-0.05, 0) is 42.8 Å². The SMILES string of the molecule is CN(CCNC(=O)COc1ccc(N2CCCC2=O)cc1)c1ccccc1. The molecule has 2 aromatic rings. The van der Waals surface area contributed by atoms with Crippen molar-refractivity contribution in [3.63, 3.8) is 0 Å². The lowest BCUT2D eigenvalue weighted by atomic mass is 10.3. The second kappa shape index (κ2) is 9.07. The maximum absolute atomic E-state index is 11.9. The van der Waals surface area contributed by atoms with Gasteiger partial charge < -0.3 is 19.9 Å². The van der Waals surface area contributed by atoms with Crippen LogP contribution in [0.1, 0.15) is 12.8 Å². The summed E-state index contributed by atoms with van der Waals surface area (Å²) < 4.78 is 5.53. The fraction of sp³-hybridized carbons (Fsp3) is 0.333. The molecule has 1 N–H and O–H groups in total. The summed E-state index contributed by atoms with van der Waals surface area (Å²) in [5.41, 5.74) is 1.98. The molecule has 0 spiro atoms. The van der Waals surface area contributed by atoms with Gasteiger partial charge in [-0.15, -0.1) is 0 Å². The number of nitrogens with zero attached hydrogens (tertiary/aromatic N) is 2. The van der Waals surface area contributed by atoms with E-state index < -0.39 is 0 Å². The third kappa shape index (κ3) is 5.23. The minimum Gasteiger partial charge on any atom is -0.484 e. The number of hydrogen-bond acceptors (Lipinski definition) is 4. The van der Waals surface area contributed by atoms with Gasteiger partial charge in [-0.25, -0.2) is 0 Å². The Morgan fingerprint density at radius 3 is 2.56 bits per heavy atom. The summed E-state index contributed by atoms with van der Waals surface area (Å²) in [5, 5.41) is 2.86. The van der Waals surface area contributed by atoms with Crippen LogP contribution >= 0.6 is 0 Å². The number of nitrogens with one attached hydrogen (secondary N) is 1. The van der Waals surface area contributed by atoms with E-state index in [0.29, 0.717) is 25.3 Å². The Morgan fingerprint density at radius 1 is 1.15 bits per heavy atom. The highest BCUT2D eigenvalue weighted by atomic mass is 16.5. The van der Waals surface area contributed by atoms with Crippen LogP contribution in [0.15, 0.2) is 54.6 Å². The number of benzene rings is 2. The highest BCUT2D eigenvalue weighted by molar-refractivity contribution is 5.95. The van der Waals surface area contributed by atoms with Crippen molar-refractivity contribution in [1.29, 1.82) is 0 Å². The van der Waals surface area contributed by atoms with Crippen LogP contribution in [0.5, 0.6) is 5.75 Å². The first-order valence-corrected chi connectivity index (χ1v) is 9.19. The molecule has 1 saturated heterocycles. The van der Waals surface area contributed by atoms with E-state index in [9.17, 15) is 9.59 Å². The van der Waals surface area contributed by atoms with Crippen molar-refractivity contribution in [1.82, 2.24) is 5.32 Å². The van der Waals surface area contributed by atoms with Gasteiger partial charge >= 0.3 is 0 Å². The topological polar surface area (TPSA) is 61.9 Å². The second-order valence-electron chi connectivity index (χ2n) is 6.54. The number of rotatable bonds is 8. The number of likely N-dealkylation sites (N-methyl/N-ethyl adjacent to an activating group) is 1. The molecular weight excluding hydrogens is 342 g/mol. The monoisotopic (exact) mass is 367 g/mol. The van der Waals surface area contributed by atoms with Crippen LogP contribution in [0, 0.1) is 0 Å². The average Bonchev–Trinajstić information content (AvgIpc) is 3.13. The zero-order chi connectivity index (χ0) is 19.1. The molecule has 1 aliphatic rings. The van der Waals surface area contributed by atoms with Crippen LogP contribution in [-0.4, -0.2) is 45.1 Å². The van der Waals surface area contributed by atoms with E-state index in [1.54, 1.807) is 17.0 Å². The summed E-state index contributed by atoms with van der Waals surface area (Å²) in [6.45, 7) is 1.99. The van der Waals surface area contributed by atoms with Gasteiger partial charge in [0.25, 0.3) is 5.91 Å². The fourth-order valence-electron chi connectivity index (χ4n) is 3.02.